The zero-order chi connectivity index (χ0) is 18.0. The number of alkyl halides is 3. The van der Waals surface area contributed by atoms with Gasteiger partial charge in [0, 0.05) is 33.1 Å². The maximum atomic E-state index is 14.0. The van der Waals surface area contributed by atoms with Crippen LogP contribution in [0.25, 0.3) is 10.9 Å². The first-order valence-electron chi connectivity index (χ1n) is 8.16. The molecule has 1 aliphatic rings. The average Bonchev–Trinajstić information content (AvgIpc) is 3.00. The van der Waals surface area contributed by atoms with E-state index in [1.807, 2.05) is 48.7 Å². The lowest BCUT2D eigenvalue weighted by molar-refractivity contribution is -0.137. The van der Waals surface area contributed by atoms with Gasteiger partial charge in [-0.1, -0.05) is 41.9 Å². The molecule has 0 fully saturated rings. The quantitative estimate of drug-likeness (QED) is 0.460. The van der Waals surface area contributed by atoms with E-state index in [1.165, 1.54) is 6.07 Å². The van der Waals surface area contributed by atoms with Gasteiger partial charge in [-0.25, -0.2) is 0 Å². The van der Waals surface area contributed by atoms with Crippen molar-refractivity contribution in [3.63, 3.8) is 0 Å². The van der Waals surface area contributed by atoms with Crippen LogP contribution in [0.3, 0.4) is 0 Å². The van der Waals surface area contributed by atoms with Crippen LogP contribution in [0.15, 0.2) is 48.5 Å². The molecule has 2 heterocycles. The lowest BCUT2D eigenvalue weighted by Gasteiger charge is -2.23. The predicted octanol–water partition coefficient (Wildman–Crippen LogP) is 6.58. The highest BCUT2D eigenvalue weighted by atomic mass is 35.5. The zero-order valence-electron chi connectivity index (χ0n) is 13.9. The van der Waals surface area contributed by atoms with E-state index in [9.17, 15) is 13.2 Å². The standard InChI is InChI=1S/C20H17ClF3N/c1-19(2)11-15(12-6-4-3-5-7-12)18-17(20(22,23)24)14-10-13(21)8-9-16(14)25(18)19/h3-10,15H,11H2,1-2H3. The van der Waals surface area contributed by atoms with E-state index in [2.05, 4.69) is 0 Å². The van der Waals surface area contributed by atoms with E-state index in [-0.39, 0.29) is 11.3 Å². The summed E-state index contributed by atoms with van der Waals surface area (Å²) in [6.07, 6.45) is -3.80. The molecule has 0 amide bonds. The number of nitrogens with zero attached hydrogens (tertiary/aromatic N) is 1. The average molecular weight is 364 g/mol. The van der Waals surface area contributed by atoms with E-state index in [0.29, 0.717) is 22.7 Å². The molecular formula is C20H17ClF3N. The Bertz CT molecular complexity index is 954. The highest BCUT2D eigenvalue weighted by Gasteiger charge is 2.47. The fourth-order valence-electron chi connectivity index (χ4n) is 4.21. The molecule has 1 atom stereocenters. The molecule has 0 N–H and O–H groups in total. The van der Waals surface area contributed by atoms with Crippen molar-refractivity contribution >= 4 is 22.5 Å². The number of fused-ring (bicyclic) bond motifs is 3. The van der Waals surface area contributed by atoms with E-state index >= 15 is 0 Å². The largest absolute Gasteiger partial charge is 0.418 e. The summed E-state index contributed by atoms with van der Waals surface area (Å²) in [6.45, 7) is 3.99. The number of benzene rings is 2. The van der Waals surface area contributed by atoms with Crippen LogP contribution in [0.4, 0.5) is 13.2 Å². The van der Waals surface area contributed by atoms with Crippen molar-refractivity contribution in [3.05, 3.63) is 70.4 Å². The summed E-state index contributed by atoms with van der Waals surface area (Å²) >= 11 is 6.01. The molecule has 4 rings (SSSR count). The lowest BCUT2D eigenvalue weighted by Crippen LogP contribution is -2.21. The van der Waals surface area contributed by atoms with E-state index < -0.39 is 17.3 Å². The molecule has 1 aromatic heterocycles. The summed E-state index contributed by atoms with van der Waals surface area (Å²) in [5, 5.41) is 0.500. The van der Waals surface area contributed by atoms with Gasteiger partial charge in [-0.3, -0.25) is 0 Å². The number of hydrogen-bond acceptors (Lipinski definition) is 0. The number of rotatable bonds is 1. The Kier molecular flexibility index (Phi) is 3.49. The molecule has 0 saturated carbocycles. The minimum Gasteiger partial charge on any atom is -0.338 e. The van der Waals surface area contributed by atoms with Crippen molar-refractivity contribution in [2.24, 2.45) is 0 Å². The van der Waals surface area contributed by atoms with Crippen molar-refractivity contribution < 1.29 is 13.2 Å². The van der Waals surface area contributed by atoms with Crippen LogP contribution in [0.1, 0.15) is 43.0 Å². The third-order valence-corrected chi connectivity index (χ3v) is 5.33. The van der Waals surface area contributed by atoms with Gasteiger partial charge >= 0.3 is 6.18 Å². The van der Waals surface area contributed by atoms with Gasteiger partial charge in [-0.15, -0.1) is 0 Å². The van der Waals surface area contributed by atoms with Gasteiger partial charge in [0.25, 0.3) is 0 Å². The van der Waals surface area contributed by atoms with Gasteiger partial charge in [0.15, 0.2) is 0 Å². The molecule has 25 heavy (non-hydrogen) atoms. The van der Waals surface area contributed by atoms with E-state index in [1.54, 1.807) is 12.1 Å². The molecule has 1 nitrogen and oxygen atoms in total. The maximum Gasteiger partial charge on any atom is 0.418 e. The van der Waals surface area contributed by atoms with Gasteiger partial charge in [-0.05, 0) is 44.0 Å². The summed E-state index contributed by atoms with van der Waals surface area (Å²) in [4.78, 5) is 0. The molecule has 2 aromatic carbocycles. The molecule has 0 bridgehead atoms. The molecule has 1 unspecified atom stereocenters. The minimum absolute atomic E-state index is 0.184. The van der Waals surface area contributed by atoms with Gasteiger partial charge in [-0.2, -0.15) is 13.2 Å². The van der Waals surface area contributed by atoms with Crippen molar-refractivity contribution in [2.45, 2.75) is 37.9 Å². The molecular weight excluding hydrogens is 347 g/mol. The van der Waals surface area contributed by atoms with Crippen LogP contribution >= 0.6 is 11.6 Å². The third-order valence-electron chi connectivity index (χ3n) is 5.09. The molecule has 0 radical (unpaired) electrons. The fourth-order valence-corrected chi connectivity index (χ4v) is 4.38. The first kappa shape index (κ1) is 16.5. The van der Waals surface area contributed by atoms with Gasteiger partial charge in [0.2, 0.25) is 0 Å². The Hall–Kier alpha value is -1.94. The van der Waals surface area contributed by atoms with Crippen LogP contribution in [0.5, 0.6) is 0 Å². The van der Waals surface area contributed by atoms with Crippen molar-refractivity contribution in [2.75, 3.05) is 0 Å². The molecule has 0 spiro atoms. The van der Waals surface area contributed by atoms with E-state index in [4.69, 9.17) is 11.6 Å². The Labute approximate surface area is 149 Å². The molecule has 0 aliphatic carbocycles. The third kappa shape index (κ3) is 2.46. The second-order valence-corrected chi connectivity index (χ2v) is 7.67. The Balaban J connectivity index is 2.11. The summed E-state index contributed by atoms with van der Waals surface area (Å²) in [6, 6.07) is 14.2. The van der Waals surface area contributed by atoms with Crippen LogP contribution in [0.2, 0.25) is 5.02 Å². The molecule has 3 aromatic rings. The summed E-state index contributed by atoms with van der Waals surface area (Å²) in [5.41, 5.74) is 0.889. The number of aromatic nitrogens is 1. The van der Waals surface area contributed by atoms with Crippen LogP contribution < -0.4 is 0 Å². The van der Waals surface area contributed by atoms with Crippen LogP contribution in [-0.2, 0) is 11.7 Å². The topological polar surface area (TPSA) is 4.93 Å². The normalized spacial score (nSPS) is 19.4. The highest BCUT2D eigenvalue weighted by Crippen LogP contribution is 2.53. The van der Waals surface area contributed by atoms with Gasteiger partial charge < -0.3 is 4.57 Å². The van der Waals surface area contributed by atoms with Gasteiger partial charge in [0.1, 0.15) is 0 Å². The smallest absolute Gasteiger partial charge is 0.338 e. The Morgan fingerprint density at radius 2 is 1.76 bits per heavy atom. The number of hydrogen-bond donors (Lipinski definition) is 0. The van der Waals surface area contributed by atoms with Crippen molar-refractivity contribution in [1.29, 1.82) is 0 Å². The number of halogens is 4. The summed E-state index contributed by atoms with van der Waals surface area (Å²) in [5.74, 6) is -0.293. The van der Waals surface area contributed by atoms with Crippen LogP contribution in [0, 0.1) is 0 Å². The summed E-state index contributed by atoms with van der Waals surface area (Å²) < 4.78 is 43.9. The molecule has 0 saturated heterocycles. The van der Waals surface area contributed by atoms with Crippen LogP contribution in [-0.4, -0.2) is 4.57 Å². The van der Waals surface area contributed by atoms with E-state index in [0.717, 1.165) is 5.56 Å². The lowest BCUT2D eigenvalue weighted by atomic mass is 9.86. The minimum atomic E-state index is -4.43. The van der Waals surface area contributed by atoms with Gasteiger partial charge in [0.05, 0.1) is 5.56 Å². The predicted molar refractivity (Wildman–Crippen MR) is 94.2 cm³/mol. The first-order chi connectivity index (χ1) is 11.7. The highest BCUT2D eigenvalue weighted by molar-refractivity contribution is 6.31. The van der Waals surface area contributed by atoms with Crippen molar-refractivity contribution in [1.82, 2.24) is 4.57 Å². The monoisotopic (exact) mass is 363 g/mol. The fraction of sp³-hybridized carbons (Fsp3) is 0.300. The molecule has 130 valence electrons. The SMILES string of the molecule is CC1(C)CC(c2ccccc2)c2c(C(F)(F)F)c3cc(Cl)ccc3n21. The molecule has 5 heteroatoms. The van der Waals surface area contributed by atoms with Crippen molar-refractivity contribution in [3.8, 4) is 0 Å². The second-order valence-electron chi connectivity index (χ2n) is 7.23. The summed E-state index contributed by atoms with van der Waals surface area (Å²) in [7, 11) is 0. The second kappa shape index (κ2) is 5.28. The maximum absolute atomic E-state index is 14.0. The Morgan fingerprint density at radius 3 is 2.40 bits per heavy atom. The molecule has 1 aliphatic heterocycles. The first-order valence-corrected chi connectivity index (χ1v) is 8.54. The zero-order valence-corrected chi connectivity index (χ0v) is 14.6. The Morgan fingerprint density at radius 1 is 1.08 bits per heavy atom.